The minimum absolute atomic E-state index is 0.00791. The quantitative estimate of drug-likeness (QED) is 0.540. The summed E-state index contributed by atoms with van der Waals surface area (Å²) >= 11 is 0. The molecule has 1 saturated heterocycles. The van der Waals surface area contributed by atoms with Crippen LogP contribution in [0.15, 0.2) is 11.6 Å². The van der Waals surface area contributed by atoms with Gasteiger partial charge in [0.05, 0.1) is 13.2 Å². The predicted molar refractivity (Wildman–Crippen MR) is 103 cm³/mol. The molecule has 4 rings (SSSR count). The van der Waals surface area contributed by atoms with E-state index in [1.54, 1.807) is 0 Å². The number of ether oxygens (including phenoxy) is 2. The fourth-order valence-corrected chi connectivity index (χ4v) is 7.20. The third kappa shape index (κ3) is 2.48. The smallest absolute Gasteiger partial charge is 0.173 e. The van der Waals surface area contributed by atoms with Crippen molar-refractivity contribution in [1.29, 1.82) is 0 Å². The number of Topliss-reactive ketones (excluding diaryl/α,β-unsaturated/α-hetero) is 1. The Bertz CT molecular complexity index is 672. The average Bonchev–Trinajstić information content (AvgIpc) is 3.10. The van der Waals surface area contributed by atoms with Crippen molar-refractivity contribution >= 4 is 12.1 Å². The highest BCUT2D eigenvalue weighted by Crippen LogP contribution is 2.68. The third-order valence-electron chi connectivity index (χ3n) is 8.65. The van der Waals surface area contributed by atoms with Gasteiger partial charge < -0.3 is 14.3 Å². The van der Waals surface area contributed by atoms with Crippen LogP contribution in [0.5, 0.6) is 0 Å². The lowest BCUT2D eigenvalue weighted by Crippen LogP contribution is -2.62. The molecule has 0 N–H and O–H groups in total. The predicted octanol–water partition coefficient (Wildman–Crippen LogP) is 4.47. The molecule has 4 heteroatoms. The van der Waals surface area contributed by atoms with Crippen LogP contribution in [0.2, 0.25) is 0 Å². The van der Waals surface area contributed by atoms with Gasteiger partial charge in [-0.2, -0.15) is 0 Å². The first kappa shape index (κ1) is 19.3. The molecule has 4 nitrogen and oxygen atoms in total. The van der Waals surface area contributed by atoms with Gasteiger partial charge in [0.2, 0.25) is 0 Å². The van der Waals surface area contributed by atoms with E-state index in [1.165, 1.54) is 5.57 Å². The van der Waals surface area contributed by atoms with E-state index >= 15 is 0 Å². The van der Waals surface area contributed by atoms with E-state index in [-0.39, 0.29) is 22.2 Å². The number of fused-ring (bicyclic) bond motifs is 3. The van der Waals surface area contributed by atoms with Gasteiger partial charge in [0, 0.05) is 29.6 Å². The molecule has 4 atom stereocenters. The van der Waals surface area contributed by atoms with Gasteiger partial charge in [-0.1, -0.05) is 32.4 Å². The maximum absolute atomic E-state index is 13.4. The second-order valence-corrected chi connectivity index (χ2v) is 10.2. The summed E-state index contributed by atoms with van der Waals surface area (Å²) in [5.74, 6) is 0.355. The summed E-state index contributed by atoms with van der Waals surface area (Å²) < 4.78 is 12.4. The molecule has 3 fully saturated rings. The van der Waals surface area contributed by atoms with Gasteiger partial charge in [-0.3, -0.25) is 4.79 Å². The first-order valence-corrected chi connectivity index (χ1v) is 10.7. The van der Waals surface area contributed by atoms with Crippen molar-refractivity contribution in [3.05, 3.63) is 11.6 Å². The van der Waals surface area contributed by atoms with Crippen molar-refractivity contribution < 1.29 is 19.1 Å². The maximum atomic E-state index is 13.4. The molecule has 0 aromatic heterocycles. The molecule has 0 bridgehead atoms. The molecule has 0 aromatic rings. The molecule has 1 spiro atoms. The number of hydrogen-bond donors (Lipinski definition) is 0. The lowest BCUT2D eigenvalue weighted by Gasteiger charge is -2.64. The Balaban J connectivity index is 1.70. The molecule has 1 aliphatic heterocycles. The molecule has 27 heavy (non-hydrogen) atoms. The van der Waals surface area contributed by atoms with E-state index in [1.807, 2.05) is 0 Å². The Morgan fingerprint density at radius 2 is 1.81 bits per heavy atom. The van der Waals surface area contributed by atoms with Gasteiger partial charge in [-0.25, -0.2) is 0 Å². The summed E-state index contributed by atoms with van der Waals surface area (Å²) in [6.45, 7) is 10.5. The van der Waals surface area contributed by atoms with Crippen LogP contribution in [0.3, 0.4) is 0 Å². The van der Waals surface area contributed by atoms with E-state index in [0.717, 1.165) is 38.4 Å². The first-order valence-electron chi connectivity index (χ1n) is 10.7. The zero-order valence-corrected chi connectivity index (χ0v) is 17.3. The van der Waals surface area contributed by atoms with E-state index in [4.69, 9.17) is 9.47 Å². The summed E-state index contributed by atoms with van der Waals surface area (Å²) in [7, 11) is 0. The molecule has 0 radical (unpaired) electrons. The zero-order chi connectivity index (χ0) is 19.5. The normalized spacial score (nSPS) is 42.4. The molecular weight excluding hydrogens is 340 g/mol. The van der Waals surface area contributed by atoms with Gasteiger partial charge in [0.25, 0.3) is 0 Å². The fraction of sp³-hybridized carbons (Fsp3) is 0.826. The van der Waals surface area contributed by atoms with Gasteiger partial charge in [-0.05, 0) is 50.4 Å². The van der Waals surface area contributed by atoms with Crippen LogP contribution in [0.1, 0.15) is 72.6 Å². The van der Waals surface area contributed by atoms with E-state index in [0.29, 0.717) is 37.8 Å². The summed E-state index contributed by atoms with van der Waals surface area (Å²) in [5.41, 5.74) is 0.924. The van der Waals surface area contributed by atoms with E-state index < -0.39 is 5.79 Å². The molecular formula is C23H34O4. The SMILES string of the molecule is CC12CC[C@@H]3C(C)(CCC4(OCCO4)C3(C)C)C1=CC[C@H](CCC=O)C2=O. The van der Waals surface area contributed by atoms with Crippen molar-refractivity contribution in [1.82, 2.24) is 0 Å². The lowest BCUT2D eigenvalue weighted by molar-refractivity contribution is -0.284. The Morgan fingerprint density at radius 1 is 1.11 bits per heavy atom. The zero-order valence-electron chi connectivity index (χ0n) is 17.3. The Hall–Kier alpha value is -1.00. The van der Waals surface area contributed by atoms with Crippen molar-refractivity contribution in [2.75, 3.05) is 13.2 Å². The fourth-order valence-electron chi connectivity index (χ4n) is 7.20. The van der Waals surface area contributed by atoms with Gasteiger partial charge >= 0.3 is 0 Å². The monoisotopic (exact) mass is 374 g/mol. The highest BCUT2D eigenvalue weighted by Gasteiger charge is 2.66. The third-order valence-corrected chi connectivity index (χ3v) is 8.65. The van der Waals surface area contributed by atoms with Crippen LogP contribution in [0.4, 0.5) is 0 Å². The van der Waals surface area contributed by atoms with Crippen LogP contribution in [-0.2, 0) is 19.1 Å². The average molecular weight is 375 g/mol. The number of aldehydes is 1. The minimum Gasteiger partial charge on any atom is -0.347 e. The van der Waals surface area contributed by atoms with Crippen LogP contribution in [0, 0.1) is 28.1 Å². The molecule has 4 aliphatic rings. The number of hydrogen-bond acceptors (Lipinski definition) is 4. The van der Waals surface area contributed by atoms with Crippen molar-refractivity contribution in [2.24, 2.45) is 28.1 Å². The number of carbonyl (C=O) groups excluding carboxylic acids is 2. The van der Waals surface area contributed by atoms with Crippen molar-refractivity contribution in [3.63, 3.8) is 0 Å². The molecule has 0 aromatic carbocycles. The Labute approximate surface area is 163 Å². The topological polar surface area (TPSA) is 52.6 Å². The summed E-state index contributed by atoms with van der Waals surface area (Å²) in [4.78, 5) is 24.2. The van der Waals surface area contributed by atoms with Gasteiger partial charge in [-0.15, -0.1) is 0 Å². The molecule has 0 amide bonds. The summed E-state index contributed by atoms with van der Waals surface area (Å²) in [6, 6.07) is 0. The number of ketones is 1. The highest BCUT2D eigenvalue weighted by atomic mass is 16.7. The standard InChI is InChI=1S/C23H34O4/c1-20(2)17-9-10-22(4)18(8-7-16(19(22)25)6-5-13-24)21(17,3)11-12-23(20)26-14-15-27-23/h8,13,16-17H,5-7,9-12,14-15H2,1-4H3/t16-,17-,21?,22?/m0/s1. The number of rotatable bonds is 3. The van der Waals surface area contributed by atoms with E-state index in [9.17, 15) is 9.59 Å². The Morgan fingerprint density at radius 3 is 2.48 bits per heavy atom. The first-order chi connectivity index (χ1) is 12.7. The number of carbonyl (C=O) groups is 2. The van der Waals surface area contributed by atoms with Crippen LogP contribution in [0.25, 0.3) is 0 Å². The minimum atomic E-state index is -0.462. The molecule has 3 aliphatic carbocycles. The summed E-state index contributed by atoms with van der Waals surface area (Å²) in [6.07, 6.45) is 9.10. The van der Waals surface area contributed by atoms with E-state index in [2.05, 4.69) is 33.8 Å². The Kier molecular flexibility index (Phi) is 4.47. The second-order valence-electron chi connectivity index (χ2n) is 10.2. The molecule has 2 saturated carbocycles. The largest absolute Gasteiger partial charge is 0.347 e. The van der Waals surface area contributed by atoms with Gasteiger partial charge in [0.15, 0.2) is 5.79 Å². The lowest BCUT2D eigenvalue weighted by atomic mass is 9.42. The van der Waals surface area contributed by atoms with Gasteiger partial charge in [0.1, 0.15) is 12.1 Å². The maximum Gasteiger partial charge on any atom is 0.173 e. The van der Waals surface area contributed by atoms with Crippen LogP contribution in [-0.4, -0.2) is 31.1 Å². The molecule has 1 heterocycles. The van der Waals surface area contributed by atoms with Crippen molar-refractivity contribution in [3.8, 4) is 0 Å². The van der Waals surface area contributed by atoms with Crippen molar-refractivity contribution in [2.45, 2.75) is 78.4 Å². The molecule has 150 valence electrons. The number of allylic oxidation sites excluding steroid dienone is 2. The molecule has 2 unspecified atom stereocenters. The second kappa shape index (κ2) is 6.25. The summed E-state index contributed by atoms with van der Waals surface area (Å²) in [5, 5.41) is 0. The van der Waals surface area contributed by atoms with Crippen LogP contribution >= 0.6 is 0 Å². The van der Waals surface area contributed by atoms with Crippen LogP contribution < -0.4 is 0 Å². The highest BCUT2D eigenvalue weighted by molar-refractivity contribution is 5.91.